The van der Waals surface area contributed by atoms with Gasteiger partial charge in [-0.2, -0.15) is 4.98 Å². The number of amides is 1. The van der Waals surface area contributed by atoms with E-state index in [1.165, 1.54) is 0 Å². The van der Waals surface area contributed by atoms with Crippen molar-refractivity contribution in [2.24, 2.45) is 11.8 Å². The van der Waals surface area contributed by atoms with E-state index >= 15 is 0 Å². The molecule has 1 aromatic heterocycles. The SMILES string of the molecule is CCc1noc(N2CCC([C@H](C)CCOc3ccc(C(NC(=O)OC(C)(C)C)C(=O)O)cc3)CC2)n1. The molecule has 1 saturated heterocycles. The van der Waals surface area contributed by atoms with Crippen molar-refractivity contribution in [1.29, 1.82) is 0 Å². The van der Waals surface area contributed by atoms with Crippen molar-refractivity contribution in [3.05, 3.63) is 35.7 Å². The van der Waals surface area contributed by atoms with E-state index in [4.69, 9.17) is 14.0 Å². The molecule has 0 spiro atoms. The summed E-state index contributed by atoms with van der Waals surface area (Å²) in [7, 11) is 0. The van der Waals surface area contributed by atoms with Gasteiger partial charge < -0.3 is 29.3 Å². The Bertz CT molecular complexity index is 993. The lowest BCUT2D eigenvalue weighted by Gasteiger charge is -2.33. The molecule has 2 heterocycles. The van der Waals surface area contributed by atoms with Gasteiger partial charge in [-0.15, -0.1) is 0 Å². The number of alkyl carbamates (subject to hydrolysis) is 1. The van der Waals surface area contributed by atoms with Gasteiger partial charge >= 0.3 is 18.1 Å². The number of ether oxygens (including phenoxy) is 2. The lowest BCUT2D eigenvalue weighted by atomic mass is 9.84. The lowest BCUT2D eigenvalue weighted by molar-refractivity contribution is -0.139. The van der Waals surface area contributed by atoms with Crippen molar-refractivity contribution in [3.8, 4) is 5.75 Å². The van der Waals surface area contributed by atoms with Gasteiger partial charge in [0.2, 0.25) is 0 Å². The molecule has 0 saturated carbocycles. The summed E-state index contributed by atoms with van der Waals surface area (Å²) in [4.78, 5) is 30.3. The maximum atomic E-state index is 12.0. The van der Waals surface area contributed by atoms with Crippen LogP contribution in [0.25, 0.3) is 0 Å². The van der Waals surface area contributed by atoms with Crippen LogP contribution in [-0.4, -0.2) is 52.6 Å². The molecule has 1 unspecified atom stereocenters. The molecule has 1 fully saturated rings. The van der Waals surface area contributed by atoms with Crippen molar-refractivity contribution < 1.29 is 28.7 Å². The number of rotatable bonds is 10. The maximum Gasteiger partial charge on any atom is 0.408 e. The van der Waals surface area contributed by atoms with Gasteiger partial charge in [0, 0.05) is 19.5 Å². The van der Waals surface area contributed by atoms with Crippen molar-refractivity contribution in [2.75, 3.05) is 24.6 Å². The molecular weight excluding hydrogens is 464 g/mol. The molecule has 1 aromatic carbocycles. The van der Waals surface area contributed by atoms with Gasteiger partial charge in [0.15, 0.2) is 11.9 Å². The van der Waals surface area contributed by atoms with Crippen molar-refractivity contribution in [3.63, 3.8) is 0 Å². The Morgan fingerprint density at radius 1 is 1.22 bits per heavy atom. The molecule has 198 valence electrons. The number of anilines is 1. The fourth-order valence-electron chi connectivity index (χ4n) is 4.24. The fourth-order valence-corrected chi connectivity index (χ4v) is 4.24. The first-order valence-corrected chi connectivity index (χ1v) is 12.6. The van der Waals surface area contributed by atoms with E-state index < -0.39 is 23.7 Å². The molecule has 0 aliphatic carbocycles. The highest BCUT2D eigenvalue weighted by molar-refractivity contribution is 5.81. The molecule has 10 nitrogen and oxygen atoms in total. The van der Waals surface area contributed by atoms with Crippen molar-refractivity contribution >= 4 is 18.1 Å². The number of piperidine rings is 1. The number of carbonyl (C=O) groups is 2. The van der Waals surface area contributed by atoms with Crippen molar-refractivity contribution in [1.82, 2.24) is 15.5 Å². The van der Waals surface area contributed by atoms with Gasteiger partial charge in [-0.05, 0) is 69.6 Å². The first-order chi connectivity index (χ1) is 17.1. The molecule has 2 atom stereocenters. The van der Waals surface area contributed by atoms with E-state index in [1.54, 1.807) is 45.0 Å². The molecule has 36 heavy (non-hydrogen) atoms. The van der Waals surface area contributed by atoms with E-state index in [1.807, 2.05) is 6.92 Å². The number of aromatic nitrogens is 2. The average molecular weight is 503 g/mol. The first kappa shape index (κ1) is 27.3. The molecular formula is C26H38N4O6. The maximum absolute atomic E-state index is 12.0. The number of hydrogen-bond donors (Lipinski definition) is 2. The summed E-state index contributed by atoms with van der Waals surface area (Å²) in [6, 6.07) is 6.15. The van der Waals surface area contributed by atoms with Gasteiger partial charge in [-0.1, -0.05) is 31.1 Å². The molecule has 2 N–H and O–H groups in total. The van der Waals surface area contributed by atoms with Gasteiger partial charge in [0.1, 0.15) is 11.4 Å². The van der Waals surface area contributed by atoms with E-state index in [-0.39, 0.29) is 0 Å². The monoisotopic (exact) mass is 502 g/mol. The molecule has 2 aromatic rings. The third-order valence-electron chi connectivity index (χ3n) is 6.35. The minimum atomic E-state index is -1.21. The Morgan fingerprint density at radius 3 is 2.44 bits per heavy atom. The van der Waals surface area contributed by atoms with Crippen LogP contribution >= 0.6 is 0 Å². The Kier molecular flexibility index (Phi) is 9.17. The molecule has 10 heteroatoms. The molecule has 1 aliphatic heterocycles. The Morgan fingerprint density at radius 2 is 1.89 bits per heavy atom. The largest absolute Gasteiger partial charge is 0.494 e. The Balaban J connectivity index is 1.43. The van der Waals surface area contributed by atoms with Crippen LogP contribution in [-0.2, 0) is 16.0 Å². The van der Waals surface area contributed by atoms with Gasteiger partial charge in [-0.3, -0.25) is 0 Å². The second kappa shape index (κ2) is 12.1. The number of aliphatic carboxylic acids is 1. The van der Waals surface area contributed by atoms with E-state index in [0.29, 0.717) is 35.8 Å². The zero-order chi connectivity index (χ0) is 26.3. The number of aryl methyl sites for hydroxylation is 1. The van der Waals surface area contributed by atoms with Crippen LogP contribution in [0.4, 0.5) is 10.8 Å². The second-order valence-corrected chi connectivity index (χ2v) is 10.3. The summed E-state index contributed by atoms with van der Waals surface area (Å²) >= 11 is 0. The van der Waals surface area contributed by atoms with Crippen LogP contribution in [0.5, 0.6) is 5.75 Å². The summed E-state index contributed by atoms with van der Waals surface area (Å²) in [5.41, 5.74) is -0.278. The minimum absolute atomic E-state index is 0.438. The first-order valence-electron chi connectivity index (χ1n) is 12.6. The lowest BCUT2D eigenvalue weighted by Crippen LogP contribution is -2.38. The molecule has 0 bridgehead atoms. The van der Waals surface area contributed by atoms with Crippen molar-refractivity contribution in [2.45, 2.75) is 71.9 Å². The highest BCUT2D eigenvalue weighted by atomic mass is 16.6. The highest BCUT2D eigenvalue weighted by Crippen LogP contribution is 2.29. The van der Waals surface area contributed by atoms with Crippen LogP contribution < -0.4 is 15.0 Å². The Labute approximate surface area is 212 Å². The number of nitrogens with one attached hydrogen (secondary N) is 1. The van der Waals surface area contributed by atoms with E-state index in [2.05, 4.69) is 27.3 Å². The smallest absolute Gasteiger partial charge is 0.408 e. The van der Waals surface area contributed by atoms with E-state index in [9.17, 15) is 14.7 Å². The number of hydrogen-bond acceptors (Lipinski definition) is 8. The number of carboxylic acid groups (broad SMARTS) is 1. The van der Waals surface area contributed by atoms with E-state index in [0.717, 1.165) is 44.6 Å². The topological polar surface area (TPSA) is 127 Å². The Hall–Kier alpha value is -3.30. The quantitative estimate of drug-likeness (QED) is 0.479. The third kappa shape index (κ3) is 7.86. The van der Waals surface area contributed by atoms with Crippen LogP contribution in [0.1, 0.15) is 71.3 Å². The summed E-state index contributed by atoms with van der Waals surface area (Å²) in [5, 5.41) is 15.9. The van der Waals surface area contributed by atoms with Gasteiger partial charge in [0.25, 0.3) is 0 Å². The number of carboxylic acids is 1. The minimum Gasteiger partial charge on any atom is -0.494 e. The molecule has 0 radical (unpaired) electrons. The summed E-state index contributed by atoms with van der Waals surface area (Å²) in [5.74, 6) is 1.35. The summed E-state index contributed by atoms with van der Waals surface area (Å²) in [6.07, 6.45) is 3.05. The fraction of sp³-hybridized carbons (Fsp3) is 0.615. The number of nitrogens with zero attached hydrogens (tertiary/aromatic N) is 3. The second-order valence-electron chi connectivity index (χ2n) is 10.3. The number of carbonyl (C=O) groups excluding carboxylic acids is 1. The van der Waals surface area contributed by atoms with Crippen LogP contribution in [0.15, 0.2) is 28.8 Å². The van der Waals surface area contributed by atoms with Gasteiger partial charge in [0.05, 0.1) is 6.61 Å². The summed E-state index contributed by atoms with van der Waals surface area (Å²) < 4.78 is 16.4. The molecule has 3 rings (SSSR count). The summed E-state index contributed by atoms with van der Waals surface area (Å²) in [6.45, 7) is 11.8. The average Bonchev–Trinajstić information content (AvgIpc) is 3.31. The standard InChI is InChI=1S/C26H38N4O6/c1-6-21-27-24(36-29-21)30-14-11-18(12-15-30)17(2)13-16-34-20-9-7-19(8-10-20)22(23(31)32)28-25(33)35-26(3,4)5/h7-10,17-18,22H,6,11-16H2,1-5H3,(H,28,33)(H,31,32)/t17-,22?/m1/s1. The highest BCUT2D eigenvalue weighted by Gasteiger charge is 2.27. The zero-order valence-electron chi connectivity index (χ0n) is 21.8. The van der Waals surface area contributed by atoms with Gasteiger partial charge in [-0.25, -0.2) is 9.59 Å². The predicted octanol–water partition coefficient (Wildman–Crippen LogP) is 4.60. The zero-order valence-corrected chi connectivity index (χ0v) is 21.8. The predicted molar refractivity (Wildman–Crippen MR) is 134 cm³/mol. The van der Waals surface area contributed by atoms with Crippen LogP contribution in [0.2, 0.25) is 0 Å². The molecule has 1 aliphatic rings. The van der Waals surface area contributed by atoms with Crippen LogP contribution in [0, 0.1) is 11.8 Å². The molecule has 1 amide bonds. The normalized spacial score (nSPS) is 16.3. The number of benzene rings is 1. The third-order valence-corrected chi connectivity index (χ3v) is 6.35. The van der Waals surface area contributed by atoms with Crippen LogP contribution in [0.3, 0.4) is 0 Å².